The summed E-state index contributed by atoms with van der Waals surface area (Å²) in [5.41, 5.74) is 3.98. The van der Waals surface area contributed by atoms with Crippen LogP contribution in [-0.2, 0) is 0 Å². The Hall–Kier alpha value is -2.46. The zero-order chi connectivity index (χ0) is 16.2. The van der Waals surface area contributed by atoms with E-state index in [1.807, 2.05) is 32.2 Å². The van der Waals surface area contributed by atoms with Crippen LogP contribution in [0.3, 0.4) is 0 Å². The van der Waals surface area contributed by atoms with E-state index in [0.717, 1.165) is 5.56 Å². The third-order valence-corrected chi connectivity index (χ3v) is 3.80. The van der Waals surface area contributed by atoms with E-state index in [-0.39, 0.29) is 6.04 Å². The molecule has 0 atom stereocenters. The molecule has 3 nitrogen and oxygen atoms in total. The summed E-state index contributed by atoms with van der Waals surface area (Å²) in [5.74, 6) is 0. The van der Waals surface area contributed by atoms with Gasteiger partial charge >= 0.3 is 0 Å². The molecule has 23 heavy (non-hydrogen) atoms. The third-order valence-electron chi connectivity index (χ3n) is 3.59. The van der Waals surface area contributed by atoms with Gasteiger partial charge in [-0.2, -0.15) is 5.10 Å². The summed E-state index contributed by atoms with van der Waals surface area (Å²) in [6.45, 7) is 4.08. The molecule has 0 saturated heterocycles. The molecule has 0 fully saturated rings. The quantitative estimate of drug-likeness (QED) is 0.328. The van der Waals surface area contributed by atoms with Crippen LogP contribution in [0.5, 0.6) is 0 Å². The fraction of sp³-hybridized carbons (Fsp3) is 0.158. The van der Waals surface area contributed by atoms with E-state index in [0.29, 0.717) is 5.11 Å². The van der Waals surface area contributed by atoms with Crippen molar-refractivity contribution < 1.29 is 0 Å². The van der Waals surface area contributed by atoms with Crippen LogP contribution in [0, 0.1) is 0 Å². The van der Waals surface area contributed by atoms with Gasteiger partial charge in [0.2, 0.25) is 0 Å². The van der Waals surface area contributed by atoms with E-state index < -0.39 is 0 Å². The van der Waals surface area contributed by atoms with E-state index in [1.165, 1.54) is 21.5 Å². The van der Waals surface area contributed by atoms with Crippen molar-refractivity contribution in [1.82, 2.24) is 10.7 Å². The van der Waals surface area contributed by atoms with Gasteiger partial charge in [-0.05, 0) is 53.7 Å². The number of fused-ring (bicyclic) bond motifs is 2. The first-order valence-electron chi connectivity index (χ1n) is 7.65. The normalized spacial score (nSPS) is 11.4. The van der Waals surface area contributed by atoms with Crippen molar-refractivity contribution in [3.05, 3.63) is 60.2 Å². The molecule has 0 aliphatic carbocycles. The molecule has 4 heteroatoms. The molecule has 0 unspecified atom stereocenters. The van der Waals surface area contributed by atoms with Gasteiger partial charge in [0, 0.05) is 11.6 Å². The fourth-order valence-corrected chi connectivity index (χ4v) is 2.93. The van der Waals surface area contributed by atoms with Crippen molar-refractivity contribution in [3.63, 3.8) is 0 Å². The summed E-state index contributed by atoms with van der Waals surface area (Å²) in [7, 11) is 0. The molecule has 0 aliphatic rings. The second-order valence-electron chi connectivity index (χ2n) is 5.73. The van der Waals surface area contributed by atoms with Crippen LogP contribution < -0.4 is 10.7 Å². The van der Waals surface area contributed by atoms with Gasteiger partial charge in [0.25, 0.3) is 0 Å². The van der Waals surface area contributed by atoms with E-state index in [2.05, 4.69) is 58.3 Å². The third kappa shape index (κ3) is 3.48. The van der Waals surface area contributed by atoms with Crippen LogP contribution in [0.2, 0.25) is 0 Å². The van der Waals surface area contributed by atoms with Gasteiger partial charge in [0.15, 0.2) is 5.11 Å². The van der Waals surface area contributed by atoms with Crippen molar-refractivity contribution >= 4 is 45.1 Å². The van der Waals surface area contributed by atoms with Gasteiger partial charge in [0.1, 0.15) is 0 Å². The summed E-state index contributed by atoms with van der Waals surface area (Å²) < 4.78 is 0. The first-order chi connectivity index (χ1) is 11.1. The van der Waals surface area contributed by atoms with E-state index in [1.54, 1.807) is 0 Å². The average molecular weight is 321 g/mol. The number of hydrazone groups is 1. The van der Waals surface area contributed by atoms with Gasteiger partial charge < -0.3 is 5.32 Å². The number of nitrogens with zero attached hydrogens (tertiary/aromatic N) is 1. The lowest BCUT2D eigenvalue weighted by Crippen LogP contribution is -2.36. The molecule has 0 saturated carbocycles. The zero-order valence-electron chi connectivity index (χ0n) is 13.2. The number of benzene rings is 3. The Labute approximate surface area is 141 Å². The summed E-state index contributed by atoms with van der Waals surface area (Å²) in [5, 5.41) is 12.7. The van der Waals surface area contributed by atoms with Crippen LogP contribution >= 0.6 is 12.2 Å². The smallest absolute Gasteiger partial charge is 0.187 e. The number of hydrogen-bond acceptors (Lipinski definition) is 2. The minimum atomic E-state index is 0.281. The van der Waals surface area contributed by atoms with E-state index in [9.17, 15) is 0 Å². The summed E-state index contributed by atoms with van der Waals surface area (Å²) in [6.07, 6.45) is 1.85. The number of thiocarbonyl (C=S) groups is 1. The molecular formula is C19H19N3S. The molecule has 3 rings (SSSR count). The largest absolute Gasteiger partial charge is 0.359 e. The Morgan fingerprint density at radius 1 is 1.00 bits per heavy atom. The van der Waals surface area contributed by atoms with Crippen molar-refractivity contribution in [2.24, 2.45) is 5.10 Å². The van der Waals surface area contributed by atoms with Gasteiger partial charge in [-0.25, -0.2) is 0 Å². The molecule has 0 heterocycles. The predicted molar refractivity (Wildman–Crippen MR) is 103 cm³/mol. The molecule has 0 aromatic heterocycles. The maximum absolute atomic E-state index is 5.20. The lowest BCUT2D eigenvalue weighted by atomic mass is 9.97. The van der Waals surface area contributed by atoms with E-state index in [4.69, 9.17) is 12.2 Å². The lowest BCUT2D eigenvalue weighted by molar-refractivity contribution is 0.720. The predicted octanol–water partition coefficient (Wildman–Crippen LogP) is 4.20. The maximum Gasteiger partial charge on any atom is 0.187 e. The Morgan fingerprint density at radius 2 is 1.57 bits per heavy atom. The highest BCUT2D eigenvalue weighted by Crippen LogP contribution is 2.27. The van der Waals surface area contributed by atoms with Crippen LogP contribution in [0.1, 0.15) is 19.4 Å². The minimum Gasteiger partial charge on any atom is -0.359 e. The summed E-state index contributed by atoms with van der Waals surface area (Å²) in [4.78, 5) is 0. The highest BCUT2D eigenvalue weighted by Gasteiger charge is 2.05. The van der Waals surface area contributed by atoms with Crippen LogP contribution in [0.25, 0.3) is 21.5 Å². The molecule has 3 aromatic carbocycles. The maximum atomic E-state index is 5.20. The lowest BCUT2D eigenvalue weighted by Gasteiger charge is -2.10. The van der Waals surface area contributed by atoms with Gasteiger partial charge in [0.05, 0.1) is 6.21 Å². The van der Waals surface area contributed by atoms with Crippen molar-refractivity contribution in [3.8, 4) is 0 Å². The highest BCUT2D eigenvalue weighted by atomic mass is 32.1. The molecule has 116 valence electrons. The van der Waals surface area contributed by atoms with Crippen molar-refractivity contribution in [2.45, 2.75) is 19.9 Å². The average Bonchev–Trinajstić information content (AvgIpc) is 2.53. The number of hydrogen-bond donors (Lipinski definition) is 2. The second-order valence-corrected chi connectivity index (χ2v) is 6.14. The molecule has 0 radical (unpaired) electrons. The van der Waals surface area contributed by atoms with E-state index >= 15 is 0 Å². The van der Waals surface area contributed by atoms with Crippen molar-refractivity contribution in [2.75, 3.05) is 0 Å². The van der Waals surface area contributed by atoms with Crippen molar-refractivity contribution in [1.29, 1.82) is 0 Å². The molecule has 3 aromatic rings. The van der Waals surface area contributed by atoms with Gasteiger partial charge in [-0.3, -0.25) is 5.43 Å². The van der Waals surface area contributed by atoms with Crippen LogP contribution in [-0.4, -0.2) is 17.4 Å². The molecular weight excluding hydrogens is 302 g/mol. The summed E-state index contributed by atoms with van der Waals surface area (Å²) in [6, 6.07) is 19.2. The fourth-order valence-electron chi connectivity index (χ4n) is 2.64. The topological polar surface area (TPSA) is 36.4 Å². The minimum absolute atomic E-state index is 0.281. The SMILES string of the molecule is CC(C)NC(=S)N/N=C\c1c2ccccc2cc2ccccc12. The first kappa shape index (κ1) is 15.4. The molecule has 0 aliphatic heterocycles. The Bertz CT molecular complexity index is 830. The number of rotatable bonds is 3. The standard InChI is InChI=1S/C19H19N3S/c1-13(2)21-19(23)22-20-12-18-16-9-5-3-7-14(16)11-15-8-4-6-10-17(15)18/h3-13H,1-2H3,(H2,21,22,23)/b20-12-. The van der Waals surface area contributed by atoms with Crippen LogP contribution in [0.15, 0.2) is 59.7 Å². The Balaban J connectivity index is 2.02. The molecule has 0 spiro atoms. The van der Waals surface area contributed by atoms with Gasteiger partial charge in [-0.1, -0.05) is 48.5 Å². The Kier molecular flexibility index (Phi) is 4.53. The molecule has 0 amide bonds. The summed E-state index contributed by atoms with van der Waals surface area (Å²) >= 11 is 5.20. The zero-order valence-corrected chi connectivity index (χ0v) is 14.0. The van der Waals surface area contributed by atoms with Crippen LogP contribution in [0.4, 0.5) is 0 Å². The number of nitrogens with one attached hydrogen (secondary N) is 2. The monoisotopic (exact) mass is 321 g/mol. The molecule has 2 N–H and O–H groups in total. The Morgan fingerprint density at radius 3 is 2.13 bits per heavy atom. The first-order valence-corrected chi connectivity index (χ1v) is 8.06. The van der Waals surface area contributed by atoms with Gasteiger partial charge in [-0.15, -0.1) is 0 Å². The second kappa shape index (κ2) is 6.75. The molecule has 0 bridgehead atoms. The highest BCUT2D eigenvalue weighted by molar-refractivity contribution is 7.80.